The number of carboxylic acid groups (broad SMARTS) is 1. The molecule has 132 valence electrons. The number of carboxylic acids is 1. The predicted octanol–water partition coefficient (Wildman–Crippen LogP) is 1.53. The molecule has 2 N–H and O–H groups in total. The largest absolute Gasteiger partial charge is 0.494 e. The number of carbonyl (C=O) groups is 3. The summed E-state index contributed by atoms with van der Waals surface area (Å²) in [4.78, 5) is 36.4. The van der Waals surface area contributed by atoms with E-state index >= 15 is 0 Å². The first-order valence-corrected chi connectivity index (χ1v) is 7.91. The lowest BCUT2D eigenvalue weighted by molar-refractivity contribution is -0.145. The van der Waals surface area contributed by atoms with Crippen LogP contribution in [0.15, 0.2) is 24.3 Å². The van der Waals surface area contributed by atoms with E-state index in [2.05, 4.69) is 5.32 Å². The normalized spacial score (nSPS) is 11.5. The molecule has 0 aromatic heterocycles. The van der Waals surface area contributed by atoms with Crippen molar-refractivity contribution in [3.63, 3.8) is 0 Å². The zero-order chi connectivity index (χ0) is 18.1. The van der Waals surface area contributed by atoms with Gasteiger partial charge in [-0.05, 0) is 44.5 Å². The molecule has 1 aromatic rings. The number of rotatable bonds is 9. The van der Waals surface area contributed by atoms with Crippen molar-refractivity contribution < 1.29 is 24.2 Å². The molecule has 0 heterocycles. The Balaban J connectivity index is 2.63. The van der Waals surface area contributed by atoms with E-state index in [1.807, 2.05) is 13.8 Å². The van der Waals surface area contributed by atoms with Gasteiger partial charge in [0.2, 0.25) is 5.91 Å². The van der Waals surface area contributed by atoms with E-state index in [1.54, 1.807) is 31.2 Å². The average Bonchev–Trinajstić information content (AvgIpc) is 2.57. The first-order chi connectivity index (χ1) is 11.4. The molecule has 7 nitrogen and oxygen atoms in total. The van der Waals surface area contributed by atoms with Crippen LogP contribution in [-0.2, 0) is 9.59 Å². The Kier molecular flexibility index (Phi) is 7.74. The summed E-state index contributed by atoms with van der Waals surface area (Å²) in [5.74, 6) is -1.24. The number of nitrogens with one attached hydrogen (secondary N) is 1. The van der Waals surface area contributed by atoms with Crippen LogP contribution in [0.1, 0.15) is 37.6 Å². The van der Waals surface area contributed by atoms with Crippen molar-refractivity contribution >= 4 is 17.8 Å². The molecule has 7 heteroatoms. The van der Waals surface area contributed by atoms with Crippen LogP contribution < -0.4 is 10.1 Å². The summed E-state index contributed by atoms with van der Waals surface area (Å²) in [5.41, 5.74) is 0.402. The van der Waals surface area contributed by atoms with Crippen molar-refractivity contribution in [1.29, 1.82) is 0 Å². The number of amides is 2. The van der Waals surface area contributed by atoms with E-state index in [4.69, 9.17) is 9.84 Å². The fourth-order valence-electron chi connectivity index (χ4n) is 2.08. The number of ether oxygens (including phenoxy) is 1. The van der Waals surface area contributed by atoms with E-state index in [0.717, 1.165) is 0 Å². The van der Waals surface area contributed by atoms with Crippen LogP contribution >= 0.6 is 0 Å². The second kappa shape index (κ2) is 9.54. The van der Waals surface area contributed by atoms with E-state index in [0.29, 0.717) is 24.3 Å². The highest BCUT2D eigenvalue weighted by atomic mass is 16.5. The SMILES string of the molecule is CCOc1ccc(C(=O)NCC(=O)N(CC(=O)O)C(C)CC)cc1. The topological polar surface area (TPSA) is 95.9 Å². The number of aliphatic carboxylic acids is 1. The zero-order valence-corrected chi connectivity index (χ0v) is 14.2. The maximum atomic E-state index is 12.2. The number of nitrogens with zero attached hydrogens (tertiary/aromatic N) is 1. The van der Waals surface area contributed by atoms with Crippen molar-refractivity contribution in [2.24, 2.45) is 0 Å². The van der Waals surface area contributed by atoms with Crippen LogP contribution in [0.4, 0.5) is 0 Å². The van der Waals surface area contributed by atoms with E-state index in [1.165, 1.54) is 4.90 Å². The molecule has 1 unspecified atom stereocenters. The Labute approximate surface area is 141 Å². The number of hydrogen-bond acceptors (Lipinski definition) is 4. The standard InChI is InChI=1S/C17H24N2O5/c1-4-12(3)19(11-16(21)22)15(20)10-18-17(23)13-6-8-14(9-7-13)24-5-2/h6-9,12H,4-5,10-11H2,1-3H3,(H,18,23)(H,21,22). The maximum absolute atomic E-state index is 12.2. The number of carbonyl (C=O) groups excluding carboxylic acids is 2. The van der Waals surface area contributed by atoms with Crippen molar-refractivity contribution in [2.45, 2.75) is 33.2 Å². The Morgan fingerprint density at radius 1 is 1.21 bits per heavy atom. The summed E-state index contributed by atoms with van der Waals surface area (Å²) in [6.07, 6.45) is 0.631. The van der Waals surface area contributed by atoms with Crippen molar-refractivity contribution in [3.8, 4) is 5.75 Å². The fraction of sp³-hybridized carbons (Fsp3) is 0.471. The molecule has 0 saturated carbocycles. The molecular weight excluding hydrogens is 312 g/mol. The lowest BCUT2D eigenvalue weighted by Gasteiger charge is -2.27. The highest BCUT2D eigenvalue weighted by molar-refractivity contribution is 5.96. The molecule has 0 bridgehead atoms. The van der Waals surface area contributed by atoms with Gasteiger partial charge in [-0.25, -0.2) is 0 Å². The Bertz CT molecular complexity index is 571. The molecule has 0 aliphatic rings. The van der Waals surface area contributed by atoms with Gasteiger partial charge < -0.3 is 20.1 Å². The summed E-state index contributed by atoms with van der Waals surface area (Å²) in [6.45, 7) is 5.42. The second-order valence-corrected chi connectivity index (χ2v) is 5.31. The first-order valence-electron chi connectivity index (χ1n) is 7.91. The molecule has 2 amide bonds. The van der Waals surface area contributed by atoms with Gasteiger partial charge in [-0.15, -0.1) is 0 Å². The van der Waals surface area contributed by atoms with Crippen LogP contribution in [0.25, 0.3) is 0 Å². The van der Waals surface area contributed by atoms with Gasteiger partial charge in [-0.3, -0.25) is 14.4 Å². The zero-order valence-electron chi connectivity index (χ0n) is 14.2. The van der Waals surface area contributed by atoms with Gasteiger partial charge in [0, 0.05) is 11.6 Å². The van der Waals surface area contributed by atoms with E-state index in [-0.39, 0.29) is 19.1 Å². The van der Waals surface area contributed by atoms with Crippen molar-refractivity contribution in [3.05, 3.63) is 29.8 Å². The lowest BCUT2D eigenvalue weighted by atomic mass is 10.2. The lowest BCUT2D eigenvalue weighted by Crippen LogP contribution is -2.46. The predicted molar refractivity (Wildman–Crippen MR) is 89.0 cm³/mol. The summed E-state index contributed by atoms with van der Waals surface area (Å²) in [6, 6.07) is 6.35. The van der Waals surface area contributed by atoms with Crippen molar-refractivity contribution in [2.75, 3.05) is 19.7 Å². The van der Waals surface area contributed by atoms with Gasteiger partial charge >= 0.3 is 5.97 Å². The van der Waals surface area contributed by atoms with Crippen LogP contribution in [0.3, 0.4) is 0 Å². The minimum Gasteiger partial charge on any atom is -0.494 e. The molecule has 0 spiro atoms. The average molecular weight is 336 g/mol. The third-order valence-electron chi connectivity index (χ3n) is 3.58. The third kappa shape index (κ3) is 5.91. The molecule has 1 aromatic carbocycles. The molecule has 1 rings (SSSR count). The molecule has 1 atom stereocenters. The van der Waals surface area contributed by atoms with E-state index < -0.39 is 17.8 Å². The number of hydrogen-bond donors (Lipinski definition) is 2. The van der Waals surface area contributed by atoms with E-state index in [9.17, 15) is 14.4 Å². The maximum Gasteiger partial charge on any atom is 0.323 e. The minimum atomic E-state index is -1.08. The number of benzene rings is 1. The smallest absolute Gasteiger partial charge is 0.323 e. The van der Waals surface area contributed by atoms with Gasteiger partial charge in [0.05, 0.1) is 13.2 Å². The van der Waals surface area contributed by atoms with Gasteiger partial charge in [-0.1, -0.05) is 6.92 Å². The molecule has 0 aliphatic heterocycles. The van der Waals surface area contributed by atoms with Crippen LogP contribution in [-0.4, -0.2) is 53.5 Å². The van der Waals surface area contributed by atoms with Gasteiger partial charge in [0.25, 0.3) is 5.91 Å². The third-order valence-corrected chi connectivity index (χ3v) is 3.58. The summed E-state index contributed by atoms with van der Waals surface area (Å²) < 4.78 is 5.30. The monoisotopic (exact) mass is 336 g/mol. The minimum absolute atomic E-state index is 0.212. The Morgan fingerprint density at radius 2 is 1.83 bits per heavy atom. The van der Waals surface area contributed by atoms with Gasteiger partial charge in [0.1, 0.15) is 12.3 Å². The fourth-order valence-corrected chi connectivity index (χ4v) is 2.08. The highest BCUT2D eigenvalue weighted by Gasteiger charge is 2.22. The molecule has 0 aliphatic carbocycles. The second-order valence-electron chi connectivity index (χ2n) is 5.31. The molecule has 24 heavy (non-hydrogen) atoms. The molecular formula is C17H24N2O5. The Hall–Kier alpha value is -2.57. The van der Waals surface area contributed by atoms with Gasteiger partial charge in [-0.2, -0.15) is 0 Å². The van der Waals surface area contributed by atoms with Crippen LogP contribution in [0, 0.1) is 0 Å². The van der Waals surface area contributed by atoms with Crippen LogP contribution in [0.2, 0.25) is 0 Å². The molecule has 0 radical (unpaired) electrons. The molecule has 0 fully saturated rings. The van der Waals surface area contributed by atoms with Crippen LogP contribution in [0.5, 0.6) is 5.75 Å². The highest BCUT2D eigenvalue weighted by Crippen LogP contribution is 2.12. The Morgan fingerprint density at radius 3 is 2.33 bits per heavy atom. The van der Waals surface area contributed by atoms with Crippen molar-refractivity contribution in [1.82, 2.24) is 10.2 Å². The van der Waals surface area contributed by atoms with Gasteiger partial charge in [0.15, 0.2) is 0 Å². The molecule has 0 saturated heterocycles. The first kappa shape index (κ1) is 19.5. The summed E-state index contributed by atoms with van der Waals surface area (Å²) in [5, 5.41) is 11.4. The quantitative estimate of drug-likeness (QED) is 0.713. The summed E-state index contributed by atoms with van der Waals surface area (Å²) in [7, 11) is 0. The summed E-state index contributed by atoms with van der Waals surface area (Å²) >= 11 is 0.